The van der Waals surface area contributed by atoms with Crippen LogP contribution in [0.2, 0.25) is 0 Å². The van der Waals surface area contributed by atoms with Crippen molar-refractivity contribution in [2.24, 2.45) is 0 Å². The second kappa shape index (κ2) is 8.36. The molecular formula is C22H19N3O3S. The Morgan fingerprint density at radius 3 is 2.79 bits per heavy atom. The van der Waals surface area contributed by atoms with Crippen LogP contribution in [0.5, 0.6) is 0 Å². The molecule has 0 saturated heterocycles. The number of aromatic nitrogens is 2. The van der Waals surface area contributed by atoms with Gasteiger partial charge in [0.05, 0.1) is 10.5 Å². The van der Waals surface area contributed by atoms with Gasteiger partial charge in [-0.15, -0.1) is 11.8 Å². The Morgan fingerprint density at radius 1 is 1.14 bits per heavy atom. The summed E-state index contributed by atoms with van der Waals surface area (Å²) in [4.78, 5) is 29.3. The maximum atomic E-state index is 12.8. The highest BCUT2D eigenvalue weighted by Gasteiger charge is 2.21. The number of carbonyl (C=O) groups excluding carboxylic acids is 1. The van der Waals surface area contributed by atoms with Gasteiger partial charge in [0.25, 0.3) is 0 Å². The zero-order chi connectivity index (χ0) is 20.2. The highest BCUT2D eigenvalue weighted by atomic mass is 32.2. The molecule has 1 N–H and O–H groups in total. The standard InChI is InChI=1S/C22H19N3O3S/c1-15(25-18-9-2-3-10-19(18)28-22(25)27)21(26)24-17-8-6-7-16(13-17)14-29-20-11-4-5-12-23-20/h2-13,15H,14H2,1H3,(H,24,26). The second-order valence-corrected chi connectivity index (χ2v) is 7.52. The monoisotopic (exact) mass is 405 g/mol. The number of nitrogens with zero attached hydrogens (tertiary/aromatic N) is 2. The Hall–Kier alpha value is -3.32. The third kappa shape index (κ3) is 4.25. The van der Waals surface area contributed by atoms with Crippen LogP contribution in [0.25, 0.3) is 11.1 Å². The quantitative estimate of drug-likeness (QED) is 0.479. The molecular weight excluding hydrogens is 386 g/mol. The number of nitrogens with one attached hydrogen (secondary N) is 1. The molecule has 0 bridgehead atoms. The van der Waals surface area contributed by atoms with Gasteiger partial charge in [-0.3, -0.25) is 9.36 Å². The normalized spacial score (nSPS) is 12.0. The van der Waals surface area contributed by atoms with E-state index in [2.05, 4.69) is 10.3 Å². The number of anilines is 1. The number of carbonyl (C=O) groups is 1. The number of rotatable bonds is 6. The molecule has 0 fully saturated rings. The summed E-state index contributed by atoms with van der Waals surface area (Å²) in [6.45, 7) is 1.68. The van der Waals surface area contributed by atoms with E-state index in [1.54, 1.807) is 49.1 Å². The predicted molar refractivity (Wildman–Crippen MR) is 114 cm³/mol. The number of hydrogen-bond acceptors (Lipinski definition) is 5. The molecule has 0 aliphatic heterocycles. The van der Waals surface area contributed by atoms with E-state index in [9.17, 15) is 9.59 Å². The summed E-state index contributed by atoms with van der Waals surface area (Å²) in [6.07, 6.45) is 1.77. The third-order valence-electron chi connectivity index (χ3n) is 4.50. The van der Waals surface area contributed by atoms with Crippen molar-refractivity contribution in [1.82, 2.24) is 9.55 Å². The molecule has 6 nitrogen and oxygen atoms in total. The highest BCUT2D eigenvalue weighted by molar-refractivity contribution is 7.98. The lowest BCUT2D eigenvalue weighted by atomic mass is 10.2. The van der Waals surface area contributed by atoms with E-state index in [-0.39, 0.29) is 5.91 Å². The summed E-state index contributed by atoms with van der Waals surface area (Å²) in [5, 5.41) is 3.84. The first-order valence-corrected chi connectivity index (χ1v) is 10.1. The van der Waals surface area contributed by atoms with E-state index in [1.165, 1.54) is 4.57 Å². The van der Waals surface area contributed by atoms with Crippen molar-refractivity contribution in [1.29, 1.82) is 0 Å². The molecule has 0 radical (unpaired) electrons. The largest absolute Gasteiger partial charge is 0.420 e. The van der Waals surface area contributed by atoms with E-state index in [0.717, 1.165) is 16.3 Å². The van der Waals surface area contributed by atoms with Crippen molar-refractivity contribution in [3.63, 3.8) is 0 Å². The van der Waals surface area contributed by atoms with Crippen molar-refractivity contribution in [2.45, 2.75) is 23.7 Å². The number of hydrogen-bond donors (Lipinski definition) is 1. The van der Waals surface area contributed by atoms with Crippen LogP contribution in [0.3, 0.4) is 0 Å². The number of amides is 1. The molecule has 1 amide bonds. The number of pyridine rings is 1. The van der Waals surface area contributed by atoms with Gasteiger partial charge >= 0.3 is 5.76 Å². The van der Waals surface area contributed by atoms with Crippen molar-refractivity contribution in [3.05, 3.63) is 89.0 Å². The zero-order valence-electron chi connectivity index (χ0n) is 15.7. The molecule has 0 saturated carbocycles. The van der Waals surface area contributed by atoms with Gasteiger partial charge in [-0.1, -0.05) is 30.3 Å². The third-order valence-corrected chi connectivity index (χ3v) is 5.52. The molecule has 0 aliphatic carbocycles. The Balaban J connectivity index is 1.48. The maximum absolute atomic E-state index is 12.8. The molecule has 146 valence electrons. The lowest BCUT2D eigenvalue weighted by Crippen LogP contribution is -2.29. The molecule has 0 spiro atoms. The number of oxazole rings is 1. The van der Waals surface area contributed by atoms with Crippen LogP contribution in [0, 0.1) is 0 Å². The van der Waals surface area contributed by atoms with Crippen molar-refractivity contribution in [2.75, 3.05) is 5.32 Å². The molecule has 2 heterocycles. The van der Waals surface area contributed by atoms with Crippen LogP contribution in [0.4, 0.5) is 5.69 Å². The van der Waals surface area contributed by atoms with E-state index in [1.807, 2.05) is 42.5 Å². The molecule has 29 heavy (non-hydrogen) atoms. The lowest BCUT2D eigenvalue weighted by Gasteiger charge is -2.14. The lowest BCUT2D eigenvalue weighted by molar-refractivity contribution is -0.118. The summed E-state index contributed by atoms with van der Waals surface area (Å²) in [6, 6.07) is 19.8. The van der Waals surface area contributed by atoms with Crippen LogP contribution in [-0.2, 0) is 10.5 Å². The van der Waals surface area contributed by atoms with Gasteiger partial charge in [0.2, 0.25) is 5.91 Å². The molecule has 4 rings (SSSR count). The van der Waals surface area contributed by atoms with E-state index >= 15 is 0 Å². The number of benzene rings is 2. The first-order valence-electron chi connectivity index (χ1n) is 9.15. The Kier molecular flexibility index (Phi) is 5.48. The molecule has 0 aliphatic rings. The highest BCUT2D eigenvalue weighted by Crippen LogP contribution is 2.23. The average Bonchev–Trinajstić information content (AvgIpc) is 3.08. The second-order valence-electron chi connectivity index (χ2n) is 6.53. The molecule has 7 heteroatoms. The van der Waals surface area contributed by atoms with Crippen LogP contribution < -0.4 is 11.1 Å². The first kappa shape index (κ1) is 19.0. The predicted octanol–water partition coefficient (Wildman–Crippen LogP) is 4.48. The summed E-state index contributed by atoms with van der Waals surface area (Å²) >= 11 is 1.63. The van der Waals surface area contributed by atoms with Crippen LogP contribution in [-0.4, -0.2) is 15.5 Å². The minimum Gasteiger partial charge on any atom is -0.408 e. The van der Waals surface area contributed by atoms with Crippen molar-refractivity contribution < 1.29 is 9.21 Å². The summed E-state index contributed by atoms with van der Waals surface area (Å²) in [5.41, 5.74) is 2.81. The fraction of sp³-hybridized carbons (Fsp3) is 0.136. The van der Waals surface area contributed by atoms with Gasteiger partial charge in [0.1, 0.15) is 6.04 Å². The van der Waals surface area contributed by atoms with Crippen LogP contribution in [0.1, 0.15) is 18.5 Å². The molecule has 1 atom stereocenters. The topological polar surface area (TPSA) is 77.1 Å². The van der Waals surface area contributed by atoms with Gasteiger partial charge in [0.15, 0.2) is 5.58 Å². The maximum Gasteiger partial charge on any atom is 0.420 e. The minimum absolute atomic E-state index is 0.284. The van der Waals surface area contributed by atoms with Gasteiger partial charge in [-0.2, -0.15) is 0 Å². The fourth-order valence-corrected chi connectivity index (χ4v) is 3.85. The van der Waals surface area contributed by atoms with E-state index in [4.69, 9.17) is 4.42 Å². The summed E-state index contributed by atoms with van der Waals surface area (Å²) < 4.78 is 6.60. The zero-order valence-corrected chi connectivity index (χ0v) is 16.6. The number of thioether (sulfide) groups is 1. The van der Waals surface area contributed by atoms with Crippen molar-refractivity contribution in [3.8, 4) is 0 Å². The number of para-hydroxylation sites is 2. The minimum atomic E-state index is -0.710. The SMILES string of the molecule is CC(C(=O)Nc1cccc(CSc2ccccn2)c1)n1c(=O)oc2ccccc21. The van der Waals surface area contributed by atoms with Gasteiger partial charge < -0.3 is 9.73 Å². The summed E-state index contributed by atoms with van der Waals surface area (Å²) in [5.74, 6) is -0.0928. The smallest absolute Gasteiger partial charge is 0.408 e. The molecule has 2 aromatic heterocycles. The molecule has 1 unspecified atom stereocenters. The van der Waals surface area contributed by atoms with Crippen LogP contribution >= 0.6 is 11.8 Å². The Labute approximate surface area is 171 Å². The molecule has 4 aromatic rings. The summed E-state index contributed by atoms with van der Waals surface area (Å²) in [7, 11) is 0. The van der Waals surface area contributed by atoms with E-state index in [0.29, 0.717) is 16.8 Å². The average molecular weight is 405 g/mol. The van der Waals surface area contributed by atoms with Gasteiger partial charge in [0, 0.05) is 17.6 Å². The van der Waals surface area contributed by atoms with Gasteiger partial charge in [-0.05, 0) is 48.9 Å². The number of fused-ring (bicyclic) bond motifs is 1. The Bertz CT molecular complexity index is 1200. The first-order chi connectivity index (χ1) is 14.1. The molecule has 2 aromatic carbocycles. The fourth-order valence-electron chi connectivity index (χ4n) is 3.04. The van der Waals surface area contributed by atoms with Gasteiger partial charge in [-0.25, -0.2) is 9.78 Å². The van der Waals surface area contributed by atoms with Crippen LogP contribution in [0.15, 0.2) is 87.2 Å². The Morgan fingerprint density at radius 2 is 1.97 bits per heavy atom. The van der Waals surface area contributed by atoms with E-state index < -0.39 is 11.8 Å². The van der Waals surface area contributed by atoms with Crippen molar-refractivity contribution >= 4 is 34.5 Å².